The zero-order valence-electron chi connectivity index (χ0n) is 18.8. The fourth-order valence-corrected chi connectivity index (χ4v) is 7.87. The van der Waals surface area contributed by atoms with Crippen LogP contribution in [0.25, 0.3) is 0 Å². The van der Waals surface area contributed by atoms with Crippen molar-refractivity contribution < 1.29 is 18.7 Å². The van der Waals surface area contributed by atoms with Gasteiger partial charge in [0.25, 0.3) is 0 Å². The summed E-state index contributed by atoms with van der Waals surface area (Å²) >= 11 is 0. The van der Waals surface area contributed by atoms with Crippen molar-refractivity contribution in [2.24, 2.45) is 11.3 Å². The van der Waals surface area contributed by atoms with Crippen LogP contribution < -0.4 is 0 Å². The summed E-state index contributed by atoms with van der Waals surface area (Å²) < 4.78 is 19.9. The number of hydrogen-bond donors (Lipinski definition) is 1. The minimum Gasteiger partial charge on any atom is -0.513 e. The lowest BCUT2D eigenvalue weighted by molar-refractivity contribution is -0.309. The van der Waals surface area contributed by atoms with E-state index in [1.165, 1.54) is 0 Å². The normalized spacial score (nSPS) is 39.9. The fraction of sp³-hybridized carbons (Fsp3) is 0.905. The second kappa shape index (κ2) is 6.43. The molecule has 0 radical (unpaired) electrons. The molecule has 0 aromatic rings. The van der Waals surface area contributed by atoms with E-state index in [9.17, 15) is 5.11 Å². The van der Waals surface area contributed by atoms with E-state index < -0.39 is 16.6 Å². The Kier molecular flexibility index (Phi) is 5.13. The molecular weight excluding hydrogens is 372 g/mol. The molecule has 1 heterocycles. The van der Waals surface area contributed by atoms with Crippen molar-refractivity contribution in [1.82, 2.24) is 0 Å². The van der Waals surface area contributed by atoms with Crippen LogP contribution in [0.5, 0.6) is 0 Å². The SMILES string of the molecule is CC(C)(C)[Si](C)(C)O[C@H]1C[C@H]2OC[C@@]2(O[Si](C)(C)C)[C@H]2CC(O)=CC[C@]12C. The van der Waals surface area contributed by atoms with Gasteiger partial charge in [-0.3, -0.25) is 0 Å². The third-order valence-electron chi connectivity index (χ3n) is 7.53. The van der Waals surface area contributed by atoms with Crippen LogP contribution in [-0.2, 0) is 13.6 Å². The lowest BCUT2D eigenvalue weighted by atomic mass is 9.52. The maximum atomic E-state index is 10.4. The minimum atomic E-state index is -1.90. The van der Waals surface area contributed by atoms with E-state index in [1.54, 1.807) is 0 Å². The van der Waals surface area contributed by atoms with E-state index in [4.69, 9.17) is 13.6 Å². The fourth-order valence-electron chi connectivity index (χ4n) is 4.97. The Morgan fingerprint density at radius 2 is 1.81 bits per heavy atom. The highest BCUT2D eigenvalue weighted by molar-refractivity contribution is 6.74. The van der Waals surface area contributed by atoms with E-state index in [0.29, 0.717) is 18.8 Å². The summed E-state index contributed by atoms with van der Waals surface area (Å²) in [4.78, 5) is 0. The molecule has 0 bridgehead atoms. The molecule has 1 aliphatic heterocycles. The molecule has 5 atom stereocenters. The summed E-state index contributed by atoms with van der Waals surface area (Å²) in [5.41, 5.74) is -0.281. The van der Waals surface area contributed by atoms with Gasteiger partial charge in [0.1, 0.15) is 5.60 Å². The number of fused-ring (bicyclic) bond motifs is 3. The Hall–Kier alpha value is -0.146. The van der Waals surface area contributed by atoms with Gasteiger partial charge in [0.15, 0.2) is 16.6 Å². The highest BCUT2D eigenvalue weighted by atomic mass is 28.4. The van der Waals surface area contributed by atoms with Gasteiger partial charge in [0.2, 0.25) is 0 Å². The lowest BCUT2D eigenvalue weighted by Gasteiger charge is -2.66. The molecule has 3 aliphatic rings. The Morgan fingerprint density at radius 3 is 2.30 bits per heavy atom. The molecule has 2 fully saturated rings. The summed E-state index contributed by atoms with van der Waals surface area (Å²) in [5.74, 6) is 0.749. The van der Waals surface area contributed by atoms with Crippen LogP contribution in [0, 0.1) is 11.3 Å². The number of hydrogen-bond acceptors (Lipinski definition) is 4. The molecule has 1 saturated heterocycles. The molecule has 0 aromatic heterocycles. The average Bonchev–Trinajstić information content (AvgIpc) is 2.47. The van der Waals surface area contributed by atoms with Gasteiger partial charge in [-0.25, -0.2) is 0 Å². The van der Waals surface area contributed by atoms with Crippen LogP contribution in [0.3, 0.4) is 0 Å². The standard InChI is InChI=1S/C21H40O4Si2/c1-19(2,3)27(8,9)24-17-13-18-21(14-23-18,25-26(5,6)7)16-12-15(22)10-11-20(16,17)4/h10,16-18,22H,11-14H2,1-9H3/t16-,17-,18+,20-,21+/m0/s1. The molecule has 0 aromatic carbocycles. The van der Waals surface area contributed by atoms with Gasteiger partial charge >= 0.3 is 0 Å². The molecule has 1 N–H and O–H groups in total. The molecule has 6 heteroatoms. The van der Waals surface area contributed by atoms with E-state index in [-0.39, 0.29) is 34.2 Å². The highest BCUT2D eigenvalue weighted by Gasteiger charge is 2.68. The zero-order chi connectivity index (χ0) is 20.5. The van der Waals surface area contributed by atoms with Gasteiger partial charge in [0, 0.05) is 24.2 Å². The highest BCUT2D eigenvalue weighted by Crippen LogP contribution is 2.61. The van der Waals surface area contributed by atoms with Crippen molar-refractivity contribution in [3.05, 3.63) is 11.8 Å². The molecule has 2 aliphatic carbocycles. The monoisotopic (exact) mass is 412 g/mol. The zero-order valence-corrected chi connectivity index (χ0v) is 20.8. The molecule has 27 heavy (non-hydrogen) atoms. The van der Waals surface area contributed by atoms with Crippen LogP contribution in [-0.4, -0.2) is 46.2 Å². The number of allylic oxidation sites excluding steroid dienone is 2. The quantitative estimate of drug-likeness (QED) is 0.608. The van der Waals surface area contributed by atoms with Crippen molar-refractivity contribution in [3.8, 4) is 0 Å². The van der Waals surface area contributed by atoms with Crippen LogP contribution in [0.1, 0.15) is 47.0 Å². The summed E-state index contributed by atoms with van der Waals surface area (Å²) in [6.45, 7) is 21.4. The van der Waals surface area contributed by atoms with Crippen molar-refractivity contribution in [3.63, 3.8) is 0 Å². The predicted octanol–water partition coefficient (Wildman–Crippen LogP) is 5.63. The Balaban J connectivity index is 1.97. The summed E-state index contributed by atoms with van der Waals surface area (Å²) in [5, 5.41) is 10.6. The first-order valence-electron chi connectivity index (χ1n) is 10.5. The maximum Gasteiger partial charge on any atom is 0.192 e. The van der Waals surface area contributed by atoms with Gasteiger partial charge in [-0.05, 0) is 50.3 Å². The second-order valence-electron chi connectivity index (χ2n) is 11.7. The first-order chi connectivity index (χ1) is 12.1. The van der Waals surface area contributed by atoms with E-state index in [2.05, 4.69) is 60.4 Å². The van der Waals surface area contributed by atoms with Gasteiger partial charge in [0.05, 0.1) is 24.6 Å². The Bertz CT molecular complexity index is 619. The predicted molar refractivity (Wildman–Crippen MR) is 115 cm³/mol. The molecule has 4 nitrogen and oxygen atoms in total. The topological polar surface area (TPSA) is 47.9 Å². The van der Waals surface area contributed by atoms with Crippen LogP contribution in [0.2, 0.25) is 37.8 Å². The molecule has 0 amide bonds. The number of aliphatic hydroxyl groups is 1. The third-order valence-corrected chi connectivity index (χ3v) is 13.0. The van der Waals surface area contributed by atoms with Crippen LogP contribution >= 0.6 is 0 Å². The first kappa shape index (κ1) is 21.6. The Morgan fingerprint density at radius 1 is 1.19 bits per heavy atom. The number of rotatable bonds is 4. The Labute approximate surface area is 167 Å². The van der Waals surface area contributed by atoms with Crippen molar-refractivity contribution in [1.29, 1.82) is 0 Å². The van der Waals surface area contributed by atoms with Crippen molar-refractivity contribution in [2.75, 3.05) is 6.61 Å². The van der Waals surface area contributed by atoms with Crippen LogP contribution in [0.15, 0.2) is 11.8 Å². The van der Waals surface area contributed by atoms with E-state index in [0.717, 1.165) is 12.8 Å². The smallest absolute Gasteiger partial charge is 0.192 e. The molecule has 156 valence electrons. The summed E-state index contributed by atoms with van der Waals surface area (Å²) in [6.07, 6.45) is 4.68. The third kappa shape index (κ3) is 3.61. The molecule has 0 spiro atoms. The molecule has 0 unspecified atom stereocenters. The first-order valence-corrected chi connectivity index (χ1v) is 16.8. The number of aliphatic hydroxyl groups excluding tert-OH is 1. The van der Waals surface area contributed by atoms with Gasteiger partial charge in [-0.1, -0.05) is 27.7 Å². The second-order valence-corrected chi connectivity index (χ2v) is 20.9. The van der Waals surface area contributed by atoms with Crippen molar-refractivity contribution in [2.45, 2.75) is 103 Å². The van der Waals surface area contributed by atoms with E-state index >= 15 is 0 Å². The maximum absolute atomic E-state index is 10.4. The van der Waals surface area contributed by atoms with Crippen LogP contribution in [0.4, 0.5) is 0 Å². The lowest BCUT2D eigenvalue weighted by Crippen LogP contribution is -2.75. The molecule has 3 rings (SSSR count). The van der Waals surface area contributed by atoms with E-state index in [1.807, 2.05) is 6.08 Å². The molecular formula is C21H40O4Si2. The van der Waals surface area contributed by atoms with Gasteiger partial charge in [-0.2, -0.15) is 0 Å². The number of ether oxygens (including phenoxy) is 1. The van der Waals surface area contributed by atoms with Crippen molar-refractivity contribution >= 4 is 16.6 Å². The van der Waals surface area contributed by atoms with Gasteiger partial charge < -0.3 is 18.7 Å². The molecule has 1 saturated carbocycles. The summed E-state index contributed by atoms with van der Waals surface area (Å²) in [7, 11) is -3.65. The minimum absolute atomic E-state index is 0.0261. The van der Waals surface area contributed by atoms with Gasteiger partial charge in [-0.15, -0.1) is 0 Å². The summed E-state index contributed by atoms with van der Waals surface area (Å²) in [6, 6.07) is 0. The largest absolute Gasteiger partial charge is 0.513 e. The average molecular weight is 413 g/mol.